The molecule has 6 aromatic carbocycles. The molecule has 3 heterocycles. The number of para-hydroxylation sites is 1. The molecular formula is C41H26N4O. The van der Waals surface area contributed by atoms with E-state index in [-0.39, 0.29) is 0 Å². The molecule has 0 saturated heterocycles. The van der Waals surface area contributed by atoms with Crippen molar-refractivity contribution in [1.82, 2.24) is 19.5 Å². The predicted octanol–water partition coefficient (Wildman–Crippen LogP) is 10.4. The van der Waals surface area contributed by atoms with Gasteiger partial charge < -0.3 is 4.42 Å². The first-order valence-corrected chi connectivity index (χ1v) is 15.3. The number of nitrogens with zero attached hydrogens (tertiary/aromatic N) is 4. The van der Waals surface area contributed by atoms with E-state index in [0.29, 0.717) is 17.5 Å². The van der Waals surface area contributed by atoms with Crippen LogP contribution in [0, 0.1) is 0 Å². The van der Waals surface area contributed by atoms with E-state index in [4.69, 9.17) is 19.4 Å². The van der Waals surface area contributed by atoms with Crippen molar-refractivity contribution in [1.29, 1.82) is 0 Å². The summed E-state index contributed by atoms with van der Waals surface area (Å²) in [7, 11) is 0. The Bertz CT molecular complexity index is 2460. The van der Waals surface area contributed by atoms with Crippen LogP contribution in [-0.4, -0.2) is 19.5 Å². The Morgan fingerprint density at radius 3 is 1.61 bits per heavy atom. The molecule has 9 rings (SSSR count). The minimum atomic E-state index is 0.595. The highest BCUT2D eigenvalue weighted by Gasteiger charge is 2.18. The van der Waals surface area contributed by atoms with Crippen LogP contribution in [0.25, 0.3) is 83.9 Å². The van der Waals surface area contributed by atoms with Gasteiger partial charge in [-0.2, -0.15) is 0 Å². The largest absolute Gasteiger partial charge is 0.440 e. The maximum Gasteiger partial charge on any atom is 0.205 e. The molecule has 0 spiro atoms. The van der Waals surface area contributed by atoms with Gasteiger partial charge in [-0.05, 0) is 35.4 Å². The molecule has 0 aliphatic rings. The Morgan fingerprint density at radius 1 is 0.391 bits per heavy atom. The second-order valence-electron chi connectivity index (χ2n) is 11.3. The first kappa shape index (κ1) is 26.1. The van der Waals surface area contributed by atoms with E-state index in [1.807, 2.05) is 72.8 Å². The van der Waals surface area contributed by atoms with Gasteiger partial charge in [-0.3, -0.25) is 4.57 Å². The summed E-state index contributed by atoms with van der Waals surface area (Å²) in [6.07, 6.45) is 0. The monoisotopic (exact) mass is 590 g/mol. The van der Waals surface area contributed by atoms with Crippen LogP contribution in [0.5, 0.6) is 0 Å². The normalized spacial score (nSPS) is 11.5. The average molecular weight is 591 g/mol. The summed E-state index contributed by atoms with van der Waals surface area (Å²) in [6, 6.07) is 53.9. The minimum Gasteiger partial charge on any atom is -0.440 e. The van der Waals surface area contributed by atoms with E-state index in [9.17, 15) is 0 Å². The number of benzene rings is 6. The second kappa shape index (κ2) is 10.7. The van der Waals surface area contributed by atoms with Crippen molar-refractivity contribution >= 4 is 32.8 Å². The highest BCUT2D eigenvalue weighted by molar-refractivity contribution is 6.10. The van der Waals surface area contributed by atoms with E-state index in [1.54, 1.807) is 0 Å². The first-order valence-electron chi connectivity index (χ1n) is 15.3. The lowest BCUT2D eigenvalue weighted by Crippen LogP contribution is -1.99. The molecule has 9 aromatic rings. The van der Waals surface area contributed by atoms with Crippen LogP contribution in [0.4, 0.5) is 0 Å². The van der Waals surface area contributed by atoms with Crippen molar-refractivity contribution in [2.24, 2.45) is 0 Å². The lowest BCUT2D eigenvalue weighted by atomic mass is 10.0. The van der Waals surface area contributed by atoms with Crippen molar-refractivity contribution in [3.05, 3.63) is 158 Å². The van der Waals surface area contributed by atoms with Crippen LogP contribution in [0.3, 0.4) is 0 Å². The van der Waals surface area contributed by atoms with E-state index in [2.05, 4.69) is 89.5 Å². The van der Waals surface area contributed by atoms with Crippen LogP contribution in [0.1, 0.15) is 0 Å². The third-order valence-corrected chi connectivity index (χ3v) is 8.46. The number of fused-ring (bicyclic) bond motifs is 4. The molecule has 0 atom stereocenters. The van der Waals surface area contributed by atoms with Crippen molar-refractivity contribution in [3.63, 3.8) is 0 Å². The van der Waals surface area contributed by atoms with Crippen LogP contribution >= 0.6 is 0 Å². The standard InChI is InChI=1S/C41H26N4O/c1-4-12-27(13-5-1)30-22-23-36-34(24-30)33-18-10-11-19-35(33)45(36)38-26-31-20-21-32(25-37(31)46-38)41-43-39(28-14-6-2-7-15-28)42-40(44-41)29-16-8-3-9-17-29/h1-26H. The molecule has 0 amide bonds. The number of rotatable bonds is 5. The van der Waals surface area contributed by atoms with Gasteiger partial charge in [0.25, 0.3) is 0 Å². The minimum absolute atomic E-state index is 0.595. The summed E-state index contributed by atoms with van der Waals surface area (Å²) in [5.41, 5.74) is 8.08. The molecule has 216 valence electrons. The van der Waals surface area contributed by atoms with Gasteiger partial charge in [-0.25, -0.2) is 15.0 Å². The van der Waals surface area contributed by atoms with E-state index in [1.165, 1.54) is 21.9 Å². The highest BCUT2D eigenvalue weighted by atomic mass is 16.4. The van der Waals surface area contributed by atoms with Gasteiger partial charge in [-0.1, -0.05) is 127 Å². The Labute approximate surface area is 265 Å². The Hall–Kier alpha value is -6.33. The predicted molar refractivity (Wildman–Crippen MR) is 186 cm³/mol. The molecule has 0 radical (unpaired) electrons. The third-order valence-electron chi connectivity index (χ3n) is 8.46. The number of aromatic nitrogens is 4. The fraction of sp³-hybridized carbons (Fsp3) is 0. The number of furan rings is 1. The number of hydrogen-bond acceptors (Lipinski definition) is 4. The van der Waals surface area contributed by atoms with Gasteiger partial charge >= 0.3 is 0 Å². The second-order valence-corrected chi connectivity index (χ2v) is 11.3. The fourth-order valence-corrected chi connectivity index (χ4v) is 6.22. The Kier molecular flexibility index (Phi) is 6.06. The van der Waals surface area contributed by atoms with Crippen LogP contribution in [0.15, 0.2) is 162 Å². The van der Waals surface area contributed by atoms with E-state index < -0.39 is 0 Å². The van der Waals surface area contributed by atoms with E-state index >= 15 is 0 Å². The SMILES string of the molecule is c1ccc(-c2ccc3c(c2)c2ccccc2n3-c2cc3ccc(-c4nc(-c5ccccc5)nc(-c5ccccc5)n4)cc3o2)cc1. The Morgan fingerprint density at radius 2 is 0.935 bits per heavy atom. The Balaban J connectivity index is 1.18. The van der Waals surface area contributed by atoms with Gasteiger partial charge in [0.15, 0.2) is 17.5 Å². The highest BCUT2D eigenvalue weighted by Crippen LogP contribution is 2.37. The summed E-state index contributed by atoms with van der Waals surface area (Å²) in [4.78, 5) is 14.7. The first-order chi connectivity index (χ1) is 22.8. The summed E-state index contributed by atoms with van der Waals surface area (Å²) < 4.78 is 8.84. The molecule has 0 saturated carbocycles. The molecule has 46 heavy (non-hydrogen) atoms. The maximum atomic E-state index is 6.63. The summed E-state index contributed by atoms with van der Waals surface area (Å²) in [5.74, 6) is 2.61. The molecule has 0 unspecified atom stereocenters. The summed E-state index contributed by atoms with van der Waals surface area (Å²) in [5, 5.41) is 3.37. The van der Waals surface area contributed by atoms with Crippen LogP contribution < -0.4 is 0 Å². The smallest absolute Gasteiger partial charge is 0.205 e. The molecular weight excluding hydrogens is 564 g/mol. The molecule has 0 bridgehead atoms. The van der Waals surface area contributed by atoms with Gasteiger partial charge in [0, 0.05) is 38.9 Å². The van der Waals surface area contributed by atoms with Gasteiger partial charge in [0.2, 0.25) is 5.88 Å². The van der Waals surface area contributed by atoms with Crippen LogP contribution in [-0.2, 0) is 0 Å². The van der Waals surface area contributed by atoms with Crippen LogP contribution in [0.2, 0.25) is 0 Å². The van der Waals surface area contributed by atoms with E-state index in [0.717, 1.165) is 44.6 Å². The van der Waals surface area contributed by atoms with Gasteiger partial charge in [0.05, 0.1) is 11.0 Å². The molecule has 0 fully saturated rings. The fourth-order valence-electron chi connectivity index (χ4n) is 6.22. The zero-order chi connectivity index (χ0) is 30.5. The lowest BCUT2D eigenvalue weighted by Gasteiger charge is -2.08. The summed E-state index contributed by atoms with van der Waals surface area (Å²) >= 11 is 0. The van der Waals surface area contributed by atoms with Gasteiger partial charge in [-0.15, -0.1) is 0 Å². The zero-order valence-electron chi connectivity index (χ0n) is 24.7. The maximum absolute atomic E-state index is 6.63. The van der Waals surface area contributed by atoms with Crippen molar-refractivity contribution in [3.8, 4) is 51.2 Å². The molecule has 0 aliphatic carbocycles. The zero-order valence-corrected chi connectivity index (χ0v) is 24.7. The molecule has 0 N–H and O–H groups in total. The van der Waals surface area contributed by atoms with Crippen molar-refractivity contribution in [2.75, 3.05) is 0 Å². The quantitative estimate of drug-likeness (QED) is 0.200. The lowest BCUT2D eigenvalue weighted by molar-refractivity contribution is 0.590. The topological polar surface area (TPSA) is 56.7 Å². The third kappa shape index (κ3) is 4.45. The molecule has 0 aliphatic heterocycles. The molecule has 3 aromatic heterocycles. The average Bonchev–Trinajstić information content (AvgIpc) is 3.70. The molecule has 5 heteroatoms. The van der Waals surface area contributed by atoms with Gasteiger partial charge in [0.1, 0.15) is 5.58 Å². The van der Waals surface area contributed by atoms with Crippen molar-refractivity contribution < 1.29 is 4.42 Å². The van der Waals surface area contributed by atoms with Crippen molar-refractivity contribution in [2.45, 2.75) is 0 Å². The summed E-state index contributed by atoms with van der Waals surface area (Å²) in [6.45, 7) is 0. The number of hydrogen-bond donors (Lipinski definition) is 0. The molecule has 5 nitrogen and oxygen atoms in total.